The Morgan fingerprint density at radius 2 is 1.77 bits per heavy atom. The number of benzene rings is 2. The standard InChI is InChI=1S/C30H30Cl2N2O5/c1-16(2)15-37-29(35)18-8-10-20(11-9-18)34-14-19-12-21(34)13-24(19)38-30(36)26-27(33-39-28(26)17-6-7-17)25-22(31)4-3-5-23(25)32/h3-5,8-11,16-17,19,21,24H,6-7,12-15H2,1-2H3/t19-,21-,24+/m0/s1. The van der Waals surface area contributed by atoms with Crippen LogP contribution in [0.1, 0.15) is 71.9 Å². The van der Waals surface area contributed by atoms with Gasteiger partial charge >= 0.3 is 11.9 Å². The minimum Gasteiger partial charge on any atom is -0.462 e. The first-order valence-corrected chi connectivity index (χ1v) is 14.2. The van der Waals surface area contributed by atoms with Gasteiger partial charge in [0.25, 0.3) is 0 Å². The van der Waals surface area contributed by atoms with Gasteiger partial charge in [0.05, 0.1) is 22.2 Å². The lowest BCUT2D eigenvalue weighted by Gasteiger charge is -2.33. The highest BCUT2D eigenvalue weighted by atomic mass is 35.5. The Bertz CT molecular complexity index is 1380. The van der Waals surface area contributed by atoms with Gasteiger partial charge in [0.2, 0.25) is 0 Å². The number of esters is 2. The fourth-order valence-electron chi connectivity index (χ4n) is 5.70. The van der Waals surface area contributed by atoms with Crippen molar-refractivity contribution >= 4 is 40.8 Å². The summed E-state index contributed by atoms with van der Waals surface area (Å²) in [7, 11) is 0. The number of hydrogen-bond donors (Lipinski definition) is 0. The zero-order valence-corrected chi connectivity index (χ0v) is 23.4. The summed E-state index contributed by atoms with van der Waals surface area (Å²) in [6.45, 7) is 5.20. The quantitative estimate of drug-likeness (QED) is 0.266. The summed E-state index contributed by atoms with van der Waals surface area (Å²) in [5, 5.41) is 5.03. The molecular weight excluding hydrogens is 539 g/mol. The Kier molecular flexibility index (Phi) is 7.06. The molecule has 1 aromatic heterocycles. The molecule has 0 unspecified atom stereocenters. The Hall–Kier alpha value is -3.03. The number of ether oxygens (including phenoxy) is 2. The van der Waals surface area contributed by atoms with Crippen LogP contribution in [0.25, 0.3) is 11.3 Å². The van der Waals surface area contributed by atoms with Crippen molar-refractivity contribution in [2.24, 2.45) is 11.8 Å². The molecule has 7 nitrogen and oxygen atoms in total. The van der Waals surface area contributed by atoms with Gasteiger partial charge in [-0.05, 0) is 61.6 Å². The third-order valence-corrected chi connectivity index (χ3v) is 8.42. The van der Waals surface area contributed by atoms with Crippen LogP contribution in [0.3, 0.4) is 0 Å². The average molecular weight is 569 g/mol. The lowest BCUT2D eigenvalue weighted by atomic mass is 10.0. The van der Waals surface area contributed by atoms with Crippen molar-refractivity contribution in [1.29, 1.82) is 0 Å². The largest absolute Gasteiger partial charge is 0.462 e. The zero-order valence-electron chi connectivity index (χ0n) is 21.9. The number of fused-ring (bicyclic) bond motifs is 2. The van der Waals surface area contributed by atoms with Crippen LogP contribution in [0.2, 0.25) is 10.0 Å². The number of rotatable bonds is 8. The van der Waals surface area contributed by atoms with E-state index in [1.165, 1.54) is 0 Å². The predicted octanol–water partition coefficient (Wildman–Crippen LogP) is 7.16. The maximum absolute atomic E-state index is 13.6. The Morgan fingerprint density at radius 3 is 2.38 bits per heavy atom. The molecule has 2 saturated carbocycles. The molecule has 1 aliphatic heterocycles. The molecule has 2 heterocycles. The van der Waals surface area contributed by atoms with Crippen molar-refractivity contribution in [3.8, 4) is 11.3 Å². The molecule has 6 rings (SSSR count). The average Bonchev–Trinajstić information content (AvgIpc) is 3.35. The minimum atomic E-state index is -0.433. The van der Waals surface area contributed by atoms with Crippen molar-refractivity contribution in [2.75, 3.05) is 18.1 Å². The Labute approximate surface area is 237 Å². The van der Waals surface area contributed by atoms with Crippen LogP contribution in [0.4, 0.5) is 5.69 Å². The third-order valence-electron chi connectivity index (χ3n) is 7.79. The van der Waals surface area contributed by atoms with E-state index in [4.69, 9.17) is 37.2 Å². The van der Waals surface area contributed by atoms with Crippen LogP contribution in [-0.4, -0.2) is 42.4 Å². The van der Waals surface area contributed by atoms with Gasteiger partial charge in [-0.1, -0.05) is 48.3 Å². The van der Waals surface area contributed by atoms with Crippen LogP contribution in [0.15, 0.2) is 47.0 Å². The summed E-state index contributed by atoms with van der Waals surface area (Å²) < 4.78 is 17.1. The molecule has 2 aliphatic carbocycles. The molecule has 0 N–H and O–H groups in total. The van der Waals surface area contributed by atoms with Crippen molar-refractivity contribution in [3.05, 3.63) is 69.4 Å². The van der Waals surface area contributed by atoms with Crippen molar-refractivity contribution < 1.29 is 23.6 Å². The number of piperidine rings is 1. The molecule has 3 fully saturated rings. The van der Waals surface area contributed by atoms with Gasteiger partial charge < -0.3 is 18.9 Å². The molecule has 3 aliphatic rings. The van der Waals surface area contributed by atoms with Crippen molar-refractivity contribution in [1.82, 2.24) is 5.16 Å². The van der Waals surface area contributed by atoms with Crippen LogP contribution >= 0.6 is 23.2 Å². The molecule has 9 heteroatoms. The van der Waals surface area contributed by atoms with E-state index in [1.807, 2.05) is 38.1 Å². The lowest BCUT2D eigenvalue weighted by Crippen LogP contribution is -2.39. The van der Waals surface area contributed by atoms with E-state index in [9.17, 15) is 9.59 Å². The van der Waals surface area contributed by atoms with Gasteiger partial charge in [0.15, 0.2) is 5.76 Å². The molecule has 2 aromatic carbocycles. The van der Waals surface area contributed by atoms with E-state index in [2.05, 4.69) is 10.1 Å². The topological polar surface area (TPSA) is 81.9 Å². The van der Waals surface area contributed by atoms with Crippen molar-refractivity contribution in [2.45, 2.75) is 57.6 Å². The summed E-state index contributed by atoms with van der Waals surface area (Å²) in [5.74, 6) is 0.491. The van der Waals surface area contributed by atoms with Gasteiger partial charge in [-0.15, -0.1) is 0 Å². The summed E-state index contributed by atoms with van der Waals surface area (Å²) >= 11 is 12.9. The maximum atomic E-state index is 13.6. The smallest absolute Gasteiger partial charge is 0.344 e. The molecule has 3 atom stereocenters. The molecule has 3 aromatic rings. The molecule has 2 bridgehead atoms. The lowest BCUT2D eigenvalue weighted by molar-refractivity contribution is 0.0191. The SMILES string of the molecule is CC(C)COC(=O)c1ccc(N2C[C@@H]3C[C@H]2C[C@H]3OC(=O)c2c(-c3c(Cl)cccc3Cl)noc2C2CC2)cc1. The highest BCUT2D eigenvalue weighted by Gasteiger charge is 2.47. The monoisotopic (exact) mass is 568 g/mol. The first-order valence-electron chi connectivity index (χ1n) is 13.5. The van der Waals surface area contributed by atoms with E-state index >= 15 is 0 Å². The first kappa shape index (κ1) is 26.2. The molecule has 0 amide bonds. The number of aromatic nitrogens is 1. The van der Waals surface area contributed by atoms with E-state index in [0.717, 1.165) is 37.9 Å². The number of nitrogens with zero attached hydrogens (tertiary/aromatic N) is 2. The van der Waals surface area contributed by atoms with Gasteiger partial charge in [-0.3, -0.25) is 0 Å². The molecule has 1 saturated heterocycles. The second-order valence-electron chi connectivity index (χ2n) is 11.2. The number of carbonyl (C=O) groups excluding carboxylic acids is 2. The normalized spacial score (nSPS) is 22.0. The van der Waals surface area contributed by atoms with E-state index in [-0.39, 0.29) is 30.0 Å². The van der Waals surface area contributed by atoms with E-state index < -0.39 is 5.97 Å². The molecule has 204 valence electrons. The van der Waals surface area contributed by atoms with Crippen LogP contribution in [0, 0.1) is 11.8 Å². The first-order chi connectivity index (χ1) is 18.8. The van der Waals surface area contributed by atoms with E-state index in [0.29, 0.717) is 50.7 Å². The molecular formula is C30H30Cl2N2O5. The van der Waals surface area contributed by atoms with Gasteiger partial charge in [-0.2, -0.15) is 0 Å². The fourth-order valence-corrected chi connectivity index (χ4v) is 6.27. The van der Waals surface area contributed by atoms with Gasteiger partial charge in [0, 0.05) is 42.1 Å². The Balaban J connectivity index is 1.15. The van der Waals surface area contributed by atoms with Gasteiger partial charge in [0.1, 0.15) is 17.4 Å². The molecule has 0 radical (unpaired) electrons. The third kappa shape index (κ3) is 5.14. The summed E-state index contributed by atoms with van der Waals surface area (Å²) in [5.41, 5.74) is 2.77. The van der Waals surface area contributed by atoms with Crippen LogP contribution < -0.4 is 4.90 Å². The van der Waals surface area contributed by atoms with E-state index in [1.54, 1.807) is 18.2 Å². The molecule has 0 spiro atoms. The Morgan fingerprint density at radius 1 is 1.05 bits per heavy atom. The highest BCUT2D eigenvalue weighted by molar-refractivity contribution is 6.39. The maximum Gasteiger partial charge on any atom is 0.344 e. The summed E-state index contributed by atoms with van der Waals surface area (Å²) in [6, 6.07) is 13.0. The number of hydrogen-bond acceptors (Lipinski definition) is 7. The number of halogens is 2. The van der Waals surface area contributed by atoms with Gasteiger partial charge in [-0.25, -0.2) is 9.59 Å². The second-order valence-corrected chi connectivity index (χ2v) is 12.0. The second kappa shape index (κ2) is 10.5. The zero-order chi connectivity index (χ0) is 27.3. The van der Waals surface area contributed by atoms with Crippen LogP contribution in [-0.2, 0) is 9.47 Å². The van der Waals surface area contributed by atoms with Crippen LogP contribution in [0.5, 0.6) is 0 Å². The fraction of sp³-hybridized carbons (Fsp3) is 0.433. The summed E-state index contributed by atoms with van der Waals surface area (Å²) in [4.78, 5) is 28.2. The number of carbonyl (C=O) groups is 2. The number of anilines is 1. The minimum absolute atomic E-state index is 0.163. The van der Waals surface area contributed by atoms with Crippen molar-refractivity contribution in [3.63, 3.8) is 0 Å². The highest BCUT2D eigenvalue weighted by Crippen LogP contribution is 2.47. The summed E-state index contributed by atoms with van der Waals surface area (Å²) in [6.07, 6.45) is 3.38. The molecule has 39 heavy (non-hydrogen) atoms. The predicted molar refractivity (Wildman–Crippen MR) is 149 cm³/mol.